The summed E-state index contributed by atoms with van der Waals surface area (Å²) in [4.78, 5) is 13.5. The zero-order valence-corrected chi connectivity index (χ0v) is 8.08. The maximum Gasteiger partial charge on any atom is 0.164 e. The van der Waals surface area contributed by atoms with Crippen LogP contribution in [-0.4, -0.2) is 31.3 Å². The number of hydrogen-bond acceptors (Lipinski definition) is 2. The summed E-state index contributed by atoms with van der Waals surface area (Å²) in [6, 6.07) is 10.0. The molecule has 0 aliphatic carbocycles. The van der Waals surface area contributed by atoms with Gasteiger partial charge in [-0.05, 0) is 20.2 Å². The molecule has 0 spiro atoms. The highest BCUT2D eigenvalue weighted by atomic mass is 16.1. The second-order valence-corrected chi connectivity index (χ2v) is 3.27. The van der Waals surface area contributed by atoms with Gasteiger partial charge >= 0.3 is 0 Å². The minimum Gasteiger partial charge on any atom is -0.309 e. The molecule has 13 heavy (non-hydrogen) atoms. The first-order valence-corrected chi connectivity index (χ1v) is 4.34. The second kappa shape index (κ2) is 4.77. The summed E-state index contributed by atoms with van der Waals surface area (Å²) in [5.41, 5.74) is 0.778. The van der Waals surface area contributed by atoms with Crippen LogP contribution >= 0.6 is 0 Å². The lowest BCUT2D eigenvalue weighted by molar-refractivity contribution is 0.0972. The molecule has 1 aromatic carbocycles. The van der Waals surface area contributed by atoms with E-state index < -0.39 is 0 Å². The van der Waals surface area contributed by atoms with Crippen molar-refractivity contribution in [2.75, 3.05) is 20.6 Å². The molecule has 0 unspecified atom stereocenters. The molecule has 0 amide bonds. The number of nitrogens with zero attached hydrogens (tertiary/aromatic N) is 1. The molecular weight excluding hydrogens is 162 g/mol. The number of Topliss-reactive ketones (excluding diaryl/α,β-unsaturated/α-hetero) is 1. The van der Waals surface area contributed by atoms with Crippen LogP contribution < -0.4 is 0 Å². The molecule has 0 saturated carbocycles. The van der Waals surface area contributed by atoms with Gasteiger partial charge in [-0.3, -0.25) is 4.79 Å². The Morgan fingerprint density at radius 1 is 1.38 bits per heavy atom. The van der Waals surface area contributed by atoms with Gasteiger partial charge in [-0.15, -0.1) is 0 Å². The predicted molar refractivity (Wildman–Crippen MR) is 52.8 cm³/mol. The van der Waals surface area contributed by atoms with Crippen LogP contribution in [0.1, 0.15) is 16.8 Å². The molecular formula is C11H14NO. The highest BCUT2D eigenvalue weighted by Crippen LogP contribution is 2.02. The Morgan fingerprint density at radius 2 is 2.00 bits per heavy atom. The third-order valence-electron chi connectivity index (χ3n) is 1.83. The van der Waals surface area contributed by atoms with Gasteiger partial charge in [-0.25, -0.2) is 0 Å². The van der Waals surface area contributed by atoms with Gasteiger partial charge in [0.25, 0.3) is 0 Å². The van der Waals surface area contributed by atoms with Crippen LogP contribution in [0.15, 0.2) is 24.3 Å². The van der Waals surface area contributed by atoms with Crippen molar-refractivity contribution in [3.8, 4) is 0 Å². The molecule has 69 valence electrons. The normalized spacial score (nSPS) is 10.4. The molecule has 0 bridgehead atoms. The van der Waals surface area contributed by atoms with E-state index in [1.807, 2.05) is 19.0 Å². The van der Waals surface area contributed by atoms with Crippen molar-refractivity contribution >= 4 is 5.78 Å². The number of rotatable bonds is 4. The van der Waals surface area contributed by atoms with Crippen LogP contribution in [0.4, 0.5) is 0 Å². The van der Waals surface area contributed by atoms with Gasteiger partial charge in [-0.2, -0.15) is 0 Å². The molecule has 0 aromatic heterocycles. The summed E-state index contributed by atoms with van der Waals surface area (Å²) in [7, 11) is 3.93. The van der Waals surface area contributed by atoms with Crippen molar-refractivity contribution in [1.29, 1.82) is 0 Å². The zero-order chi connectivity index (χ0) is 9.68. The van der Waals surface area contributed by atoms with Crippen LogP contribution in [-0.2, 0) is 0 Å². The molecule has 0 heterocycles. The van der Waals surface area contributed by atoms with Gasteiger partial charge in [-0.1, -0.05) is 24.3 Å². The first-order chi connectivity index (χ1) is 6.20. The van der Waals surface area contributed by atoms with E-state index in [0.717, 1.165) is 12.1 Å². The average Bonchev–Trinajstić information content (AvgIpc) is 2.15. The smallest absolute Gasteiger partial charge is 0.164 e. The summed E-state index contributed by atoms with van der Waals surface area (Å²) < 4.78 is 0. The van der Waals surface area contributed by atoms with E-state index in [-0.39, 0.29) is 5.78 Å². The van der Waals surface area contributed by atoms with Gasteiger partial charge in [0.2, 0.25) is 0 Å². The fraction of sp³-hybridized carbons (Fsp3) is 0.364. The van der Waals surface area contributed by atoms with Crippen molar-refractivity contribution in [2.24, 2.45) is 0 Å². The number of hydrogen-bond donors (Lipinski definition) is 0. The van der Waals surface area contributed by atoms with Crippen LogP contribution in [0.25, 0.3) is 0 Å². The van der Waals surface area contributed by atoms with E-state index in [9.17, 15) is 4.79 Å². The van der Waals surface area contributed by atoms with Gasteiger partial charge in [0.05, 0.1) is 0 Å². The van der Waals surface area contributed by atoms with E-state index in [2.05, 4.69) is 6.07 Å². The highest BCUT2D eigenvalue weighted by Gasteiger charge is 2.04. The summed E-state index contributed by atoms with van der Waals surface area (Å²) in [5, 5.41) is 0. The topological polar surface area (TPSA) is 20.3 Å². The molecule has 0 N–H and O–H groups in total. The summed E-state index contributed by atoms with van der Waals surface area (Å²) >= 11 is 0. The van der Waals surface area contributed by atoms with E-state index in [0.29, 0.717) is 6.42 Å². The van der Waals surface area contributed by atoms with E-state index in [1.54, 1.807) is 24.3 Å². The number of ketones is 1. The summed E-state index contributed by atoms with van der Waals surface area (Å²) in [5.74, 6) is 0.197. The molecule has 1 aromatic rings. The van der Waals surface area contributed by atoms with Crippen molar-refractivity contribution in [3.05, 3.63) is 35.9 Å². The molecule has 1 radical (unpaired) electrons. The van der Waals surface area contributed by atoms with E-state index in [1.165, 1.54) is 0 Å². The Morgan fingerprint density at radius 3 is 2.54 bits per heavy atom. The molecule has 2 heteroatoms. The van der Waals surface area contributed by atoms with Crippen molar-refractivity contribution < 1.29 is 4.79 Å². The third kappa shape index (κ3) is 3.38. The molecule has 1 rings (SSSR count). The molecule has 0 atom stereocenters. The van der Waals surface area contributed by atoms with Crippen molar-refractivity contribution in [2.45, 2.75) is 6.42 Å². The average molecular weight is 176 g/mol. The Labute approximate surface area is 79.2 Å². The summed E-state index contributed by atoms with van der Waals surface area (Å²) in [6.07, 6.45) is 0.580. The van der Waals surface area contributed by atoms with E-state index in [4.69, 9.17) is 0 Å². The lowest BCUT2D eigenvalue weighted by Crippen LogP contribution is -2.16. The van der Waals surface area contributed by atoms with Crippen molar-refractivity contribution in [1.82, 2.24) is 4.90 Å². The number of benzene rings is 1. The molecule has 2 nitrogen and oxygen atoms in total. The van der Waals surface area contributed by atoms with Crippen LogP contribution in [0.3, 0.4) is 0 Å². The monoisotopic (exact) mass is 176 g/mol. The number of carbonyl (C=O) groups is 1. The predicted octanol–water partition coefficient (Wildman–Crippen LogP) is 1.62. The molecule has 0 saturated heterocycles. The minimum atomic E-state index is 0.197. The second-order valence-electron chi connectivity index (χ2n) is 3.27. The standard InChI is InChI=1S/C11H14NO/c1-12(2)9-8-11(13)10-6-4-3-5-7-10/h4-7H,8-9H2,1-2H3. The maximum absolute atomic E-state index is 11.5. The lowest BCUT2D eigenvalue weighted by Gasteiger charge is -2.07. The van der Waals surface area contributed by atoms with Gasteiger partial charge in [0.1, 0.15) is 0 Å². The van der Waals surface area contributed by atoms with Gasteiger partial charge in [0.15, 0.2) is 5.78 Å². The van der Waals surface area contributed by atoms with Crippen LogP contribution in [0, 0.1) is 6.07 Å². The van der Waals surface area contributed by atoms with E-state index >= 15 is 0 Å². The fourth-order valence-corrected chi connectivity index (χ4v) is 1.04. The molecule has 0 fully saturated rings. The highest BCUT2D eigenvalue weighted by molar-refractivity contribution is 5.96. The quantitative estimate of drug-likeness (QED) is 0.650. The Balaban J connectivity index is 2.50. The van der Waals surface area contributed by atoms with Crippen LogP contribution in [0.2, 0.25) is 0 Å². The van der Waals surface area contributed by atoms with Gasteiger partial charge < -0.3 is 4.90 Å². The minimum absolute atomic E-state index is 0.197. The molecule has 0 aliphatic rings. The van der Waals surface area contributed by atoms with Gasteiger partial charge in [0, 0.05) is 18.5 Å². The SMILES string of the molecule is CN(C)CCC(=O)c1cc[c]cc1. The maximum atomic E-state index is 11.5. The first-order valence-electron chi connectivity index (χ1n) is 4.34. The molecule has 0 aliphatic heterocycles. The first kappa shape index (κ1) is 9.93. The fourth-order valence-electron chi connectivity index (χ4n) is 1.04. The zero-order valence-electron chi connectivity index (χ0n) is 8.08. The van der Waals surface area contributed by atoms with Crippen molar-refractivity contribution in [3.63, 3.8) is 0 Å². The Bertz CT molecular complexity index is 267. The largest absolute Gasteiger partial charge is 0.309 e. The summed E-state index contributed by atoms with van der Waals surface area (Å²) in [6.45, 7) is 0.803. The lowest BCUT2D eigenvalue weighted by atomic mass is 10.1. The Kier molecular flexibility index (Phi) is 3.65. The third-order valence-corrected chi connectivity index (χ3v) is 1.83. The van der Waals surface area contributed by atoms with Crippen LogP contribution in [0.5, 0.6) is 0 Å². The Hall–Kier alpha value is -1.15. The number of carbonyl (C=O) groups excluding carboxylic acids is 1.